The normalized spacial score (nSPS) is 10.8. The number of hydrogen-bond donors (Lipinski definition) is 0. The van der Waals surface area contributed by atoms with Crippen LogP contribution in [0.3, 0.4) is 0 Å². The molecule has 0 radical (unpaired) electrons. The zero-order valence-electron chi connectivity index (χ0n) is 20.8. The highest BCUT2D eigenvalue weighted by atomic mass is 17.2. The summed E-state index contributed by atoms with van der Waals surface area (Å²) in [5.74, 6) is 0.530. The van der Waals surface area contributed by atoms with Crippen molar-refractivity contribution in [1.82, 2.24) is 0 Å². The van der Waals surface area contributed by atoms with Crippen molar-refractivity contribution < 1.29 is 24.0 Å². The average molecular weight is 451 g/mol. The molecule has 0 aromatic heterocycles. The van der Waals surface area contributed by atoms with E-state index in [0.717, 1.165) is 12.8 Å². The van der Waals surface area contributed by atoms with E-state index in [-0.39, 0.29) is 0 Å². The Morgan fingerprint density at radius 3 is 1.44 bits per heavy atom. The number of hydrogen-bond acceptors (Lipinski definition) is 5. The first-order chi connectivity index (χ1) is 15.7. The van der Waals surface area contributed by atoms with Crippen molar-refractivity contribution in [1.29, 1.82) is 0 Å². The quantitative estimate of drug-likeness (QED) is 0.108. The lowest BCUT2D eigenvalue weighted by Crippen LogP contribution is -2.07. The Morgan fingerprint density at radius 1 is 0.625 bits per heavy atom. The zero-order chi connectivity index (χ0) is 23.3. The van der Waals surface area contributed by atoms with E-state index in [1.54, 1.807) is 18.2 Å². The molecule has 0 atom stereocenters. The molecule has 0 aliphatic rings. The van der Waals surface area contributed by atoms with Crippen LogP contribution < -0.4 is 9.47 Å². The number of unbranched alkanes of at least 4 members (excludes halogenated alkanes) is 15. The Kier molecular flexibility index (Phi) is 17.6. The Hall–Kier alpha value is -1.75. The second kappa shape index (κ2) is 19.9. The Morgan fingerprint density at radius 2 is 1.03 bits per heavy atom. The third kappa shape index (κ3) is 14.3. The first-order valence-electron chi connectivity index (χ1n) is 12.8. The molecule has 184 valence electrons. The fourth-order valence-electron chi connectivity index (χ4n) is 3.78. The maximum atomic E-state index is 12.1. The Bertz CT molecular complexity index is 565. The minimum absolute atomic E-state index is 0.341. The van der Waals surface area contributed by atoms with Gasteiger partial charge in [-0.1, -0.05) is 103 Å². The van der Waals surface area contributed by atoms with Gasteiger partial charge in [0.25, 0.3) is 0 Å². The minimum Gasteiger partial charge on any atom is -0.497 e. The highest BCUT2D eigenvalue weighted by molar-refractivity contribution is 5.90. The van der Waals surface area contributed by atoms with Crippen molar-refractivity contribution in [3.63, 3.8) is 0 Å². The Balaban J connectivity index is 1.90. The molecule has 0 amide bonds. The first kappa shape index (κ1) is 28.3. The molecule has 0 aliphatic carbocycles. The molecule has 0 fully saturated rings. The fraction of sp³-hybridized carbons (Fsp3) is 0.741. The van der Waals surface area contributed by atoms with Gasteiger partial charge in [0, 0.05) is 6.07 Å². The van der Waals surface area contributed by atoms with E-state index in [1.165, 1.54) is 104 Å². The monoisotopic (exact) mass is 450 g/mol. The van der Waals surface area contributed by atoms with Crippen molar-refractivity contribution in [2.75, 3.05) is 20.8 Å². The van der Waals surface area contributed by atoms with Gasteiger partial charge in [0.2, 0.25) is 0 Å². The smallest absolute Gasteiger partial charge is 0.373 e. The van der Waals surface area contributed by atoms with Crippen LogP contribution in [0.25, 0.3) is 0 Å². The molecule has 1 rings (SSSR count). The summed E-state index contributed by atoms with van der Waals surface area (Å²) >= 11 is 0. The highest BCUT2D eigenvalue weighted by Gasteiger charge is 2.12. The molecule has 5 heteroatoms. The van der Waals surface area contributed by atoms with Crippen LogP contribution in [0.1, 0.15) is 120 Å². The van der Waals surface area contributed by atoms with Crippen LogP contribution in [-0.2, 0) is 9.78 Å². The molecule has 1 aromatic rings. The van der Waals surface area contributed by atoms with Gasteiger partial charge in [-0.25, -0.2) is 4.79 Å². The molecule has 0 heterocycles. The summed E-state index contributed by atoms with van der Waals surface area (Å²) in [6.07, 6.45) is 21.2. The first-order valence-corrected chi connectivity index (χ1v) is 12.8. The van der Waals surface area contributed by atoms with E-state index in [1.807, 2.05) is 0 Å². The van der Waals surface area contributed by atoms with Gasteiger partial charge < -0.3 is 9.47 Å². The lowest BCUT2D eigenvalue weighted by atomic mass is 10.0. The van der Waals surface area contributed by atoms with Crippen LogP contribution in [0.5, 0.6) is 11.5 Å². The third-order valence-corrected chi connectivity index (χ3v) is 5.80. The predicted molar refractivity (Wildman–Crippen MR) is 130 cm³/mol. The van der Waals surface area contributed by atoms with Gasteiger partial charge in [0.05, 0.1) is 26.4 Å². The lowest BCUT2D eigenvalue weighted by molar-refractivity contribution is -0.241. The number of carbonyl (C=O) groups is 1. The number of benzene rings is 1. The molecule has 5 nitrogen and oxygen atoms in total. The Labute approximate surface area is 196 Å². The molecule has 1 aromatic carbocycles. The maximum absolute atomic E-state index is 12.1. The summed E-state index contributed by atoms with van der Waals surface area (Å²) < 4.78 is 10.3. The van der Waals surface area contributed by atoms with E-state index in [9.17, 15) is 4.79 Å². The summed E-state index contributed by atoms with van der Waals surface area (Å²) in [7, 11) is 3.08. The summed E-state index contributed by atoms with van der Waals surface area (Å²) in [5, 5.41) is 0. The zero-order valence-corrected chi connectivity index (χ0v) is 20.8. The number of rotatable bonds is 21. The molecule has 0 aliphatic heterocycles. The van der Waals surface area contributed by atoms with Gasteiger partial charge >= 0.3 is 5.97 Å². The van der Waals surface area contributed by atoms with Gasteiger partial charge in [-0.15, -0.1) is 0 Å². The van der Waals surface area contributed by atoms with Crippen LogP contribution in [0.15, 0.2) is 18.2 Å². The lowest BCUT2D eigenvalue weighted by Gasteiger charge is -2.08. The number of carbonyl (C=O) groups excluding carboxylic acids is 1. The van der Waals surface area contributed by atoms with Gasteiger partial charge in [-0.3, -0.25) is 4.89 Å². The SMILES string of the molecule is CCCCCCCCCCCCCCCCCCOOC(=O)c1cc(OC)cc(OC)c1. The van der Waals surface area contributed by atoms with Crippen LogP contribution in [0.4, 0.5) is 0 Å². The highest BCUT2D eigenvalue weighted by Crippen LogP contribution is 2.23. The van der Waals surface area contributed by atoms with E-state index < -0.39 is 5.97 Å². The summed E-state index contributed by atoms with van der Waals surface area (Å²) in [4.78, 5) is 22.1. The number of methoxy groups -OCH3 is 2. The van der Waals surface area contributed by atoms with Crippen LogP contribution >= 0.6 is 0 Å². The van der Waals surface area contributed by atoms with E-state index in [0.29, 0.717) is 23.7 Å². The molecule has 0 spiro atoms. The van der Waals surface area contributed by atoms with E-state index in [4.69, 9.17) is 19.2 Å². The summed E-state index contributed by atoms with van der Waals surface area (Å²) in [5.41, 5.74) is 0.341. The molecular formula is C27H46O5. The molecule has 0 saturated carbocycles. The molecule has 0 saturated heterocycles. The number of ether oxygens (including phenoxy) is 2. The predicted octanol–water partition coefficient (Wildman–Crippen LogP) is 8.05. The van der Waals surface area contributed by atoms with Crippen molar-refractivity contribution in [3.05, 3.63) is 23.8 Å². The fourth-order valence-corrected chi connectivity index (χ4v) is 3.78. The van der Waals surface area contributed by atoms with Crippen LogP contribution in [0.2, 0.25) is 0 Å². The minimum atomic E-state index is -0.543. The van der Waals surface area contributed by atoms with Crippen LogP contribution in [0, 0.1) is 0 Å². The largest absolute Gasteiger partial charge is 0.497 e. The maximum Gasteiger partial charge on any atom is 0.373 e. The van der Waals surface area contributed by atoms with Crippen molar-refractivity contribution in [2.45, 2.75) is 110 Å². The van der Waals surface area contributed by atoms with Gasteiger partial charge in [0.15, 0.2) is 0 Å². The van der Waals surface area contributed by atoms with E-state index in [2.05, 4.69) is 6.92 Å². The molecule has 0 unspecified atom stereocenters. The van der Waals surface area contributed by atoms with Crippen molar-refractivity contribution >= 4 is 5.97 Å². The van der Waals surface area contributed by atoms with Gasteiger partial charge in [-0.05, 0) is 18.6 Å². The second-order valence-corrected chi connectivity index (χ2v) is 8.60. The molecule has 0 bridgehead atoms. The third-order valence-electron chi connectivity index (χ3n) is 5.80. The average Bonchev–Trinajstić information content (AvgIpc) is 2.82. The van der Waals surface area contributed by atoms with Gasteiger partial charge in [-0.2, -0.15) is 4.89 Å². The summed E-state index contributed by atoms with van der Waals surface area (Å²) in [6, 6.07) is 4.90. The molecular weight excluding hydrogens is 404 g/mol. The van der Waals surface area contributed by atoms with Crippen molar-refractivity contribution in [2.24, 2.45) is 0 Å². The topological polar surface area (TPSA) is 54.0 Å². The molecule has 0 N–H and O–H groups in total. The second-order valence-electron chi connectivity index (χ2n) is 8.60. The van der Waals surface area contributed by atoms with Gasteiger partial charge in [0.1, 0.15) is 11.5 Å². The van der Waals surface area contributed by atoms with Crippen molar-refractivity contribution in [3.8, 4) is 11.5 Å². The summed E-state index contributed by atoms with van der Waals surface area (Å²) in [6.45, 7) is 2.70. The van der Waals surface area contributed by atoms with Crippen LogP contribution in [-0.4, -0.2) is 26.8 Å². The van der Waals surface area contributed by atoms with E-state index >= 15 is 0 Å². The standard InChI is InChI=1S/C27H46O5/c1-4-5-6-7-8-9-10-11-12-13-14-15-16-17-18-19-20-31-32-27(28)24-21-25(29-2)23-26(22-24)30-3/h21-23H,4-20H2,1-3H3. The molecule has 32 heavy (non-hydrogen) atoms.